The van der Waals surface area contributed by atoms with Crippen LogP contribution in [0.4, 0.5) is 4.79 Å². The van der Waals surface area contributed by atoms with Crippen LogP contribution in [0.2, 0.25) is 0 Å². The van der Waals surface area contributed by atoms with Crippen molar-refractivity contribution in [3.05, 3.63) is 65.2 Å². The number of hydrogen-bond acceptors (Lipinski definition) is 5. The van der Waals surface area contributed by atoms with Crippen molar-refractivity contribution in [2.75, 3.05) is 13.7 Å². The summed E-state index contributed by atoms with van der Waals surface area (Å²) >= 11 is 0. The average molecular weight is 392 g/mol. The quantitative estimate of drug-likeness (QED) is 0.726. The molecule has 4 amide bonds. The summed E-state index contributed by atoms with van der Waals surface area (Å²) < 4.78 is 5.14. The minimum absolute atomic E-state index is 0.243. The summed E-state index contributed by atoms with van der Waals surface area (Å²) in [5.41, 5.74) is 0.521. The lowest BCUT2D eigenvalue weighted by molar-refractivity contribution is -0.134. The fourth-order valence-electron chi connectivity index (χ4n) is 3.10. The molecule has 1 unspecified atom stereocenters. The number of nitrogens with zero attached hydrogens (tertiary/aromatic N) is 2. The third kappa shape index (κ3) is 4.04. The number of benzene rings is 2. The average Bonchev–Trinajstić information content (AvgIpc) is 2.96. The fraction of sp³-hybridized carbons (Fsp3) is 0.238. The molecular formula is C21H20N4O4. The lowest BCUT2D eigenvalue weighted by Crippen LogP contribution is -2.43. The van der Waals surface area contributed by atoms with Gasteiger partial charge >= 0.3 is 6.03 Å². The van der Waals surface area contributed by atoms with Crippen LogP contribution in [0.3, 0.4) is 0 Å². The van der Waals surface area contributed by atoms with Crippen molar-refractivity contribution in [2.45, 2.75) is 19.0 Å². The SMILES string of the molecule is COc1cccc(CNC(=O)CN2C(=O)NC(C)(c3ccc(C#N)cc3)C2=O)c1. The van der Waals surface area contributed by atoms with Crippen molar-refractivity contribution in [2.24, 2.45) is 0 Å². The van der Waals surface area contributed by atoms with E-state index in [1.165, 1.54) is 0 Å². The van der Waals surface area contributed by atoms with Crippen LogP contribution in [0.5, 0.6) is 5.75 Å². The van der Waals surface area contributed by atoms with Crippen molar-refractivity contribution < 1.29 is 19.1 Å². The molecule has 1 fully saturated rings. The van der Waals surface area contributed by atoms with Crippen LogP contribution >= 0.6 is 0 Å². The molecule has 8 nitrogen and oxygen atoms in total. The van der Waals surface area contributed by atoms with E-state index in [4.69, 9.17) is 10.00 Å². The lowest BCUT2D eigenvalue weighted by atomic mass is 9.91. The standard InChI is InChI=1S/C21H20N4O4/c1-21(16-8-6-14(11-22)7-9-16)19(27)25(20(28)24-21)13-18(26)23-12-15-4-3-5-17(10-15)29-2/h3-10H,12-13H2,1-2H3,(H,23,26)(H,24,28). The Labute approximate surface area is 168 Å². The molecule has 1 atom stereocenters. The first-order valence-electron chi connectivity index (χ1n) is 8.92. The highest BCUT2D eigenvalue weighted by molar-refractivity contribution is 6.09. The Morgan fingerprint density at radius 1 is 1.24 bits per heavy atom. The highest BCUT2D eigenvalue weighted by atomic mass is 16.5. The molecule has 1 saturated heterocycles. The van der Waals surface area contributed by atoms with E-state index < -0.39 is 23.4 Å². The summed E-state index contributed by atoms with van der Waals surface area (Å²) in [5.74, 6) is -0.312. The molecule has 2 N–H and O–H groups in total. The molecule has 0 radical (unpaired) electrons. The molecule has 1 aliphatic heterocycles. The lowest BCUT2D eigenvalue weighted by Gasteiger charge is -2.22. The molecule has 0 aliphatic carbocycles. The largest absolute Gasteiger partial charge is 0.497 e. The van der Waals surface area contributed by atoms with Gasteiger partial charge < -0.3 is 15.4 Å². The summed E-state index contributed by atoms with van der Waals surface area (Å²) in [6, 6.07) is 15.0. The maximum absolute atomic E-state index is 12.9. The van der Waals surface area contributed by atoms with Crippen LogP contribution < -0.4 is 15.4 Å². The van der Waals surface area contributed by atoms with Gasteiger partial charge in [-0.05, 0) is 42.3 Å². The van der Waals surface area contributed by atoms with Gasteiger partial charge in [0.1, 0.15) is 17.8 Å². The van der Waals surface area contributed by atoms with Crippen molar-refractivity contribution >= 4 is 17.8 Å². The molecule has 0 bridgehead atoms. The monoisotopic (exact) mass is 392 g/mol. The molecule has 1 heterocycles. The van der Waals surface area contributed by atoms with E-state index in [2.05, 4.69) is 10.6 Å². The molecule has 29 heavy (non-hydrogen) atoms. The Bertz CT molecular complexity index is 996. The number of urea groups is 1. The van der Waals surface area contributed by atoms with Gasteiger partial charge in [0.05, 0.1) is 18.7 Å². The van der Waals surface area contributed by atoms with Gasteiger partial charge in [0.25, 0.3) is 5.91 Å². The zero-order chi connectivity index (χ0) is 21.0. The second-order valence-electron chi connectivity index (χ2n) is 6.76. The van der Waals surface area contributed by atoms with Crippen molar-refractivity contribution in [3.8, 4) is 11.8 Å². The number of carbonyl (C=O) groups is 3. The molecule has 3 rings (SSSR count). The normalized spacial score (nSPS) is 18.2. The number of imide groups is 1. The number of methoxy groups -OCH3 is 1. The van der Waals surface area contributed by atoms with Gasteiger partial charge in [0.2, 0.25) is 5.91 Å². The topological polar surface area (TPSA) is 112 Å². The van der Waals surface area contributed by atoms with Crippen LogP contribution in [-0.2, 0) is 21.7 Å². The summed E-state index contributed by atoms with van der Waals surface area (Å²) in [6.45, 7) is 1.43. The van der Waals surface area contributed by atoms with Gasteiger partial charge in [-0.1, -0.05) is 24.3 Å². The first kappa shape index (κ1) is 19.9. The zero-order valence-electron chi connectivity index (χ0n) is 16.1. The number of hydrogen-bond donors (Lipinski definition) is 2. The third-order valence-electron chi connectivity index (χ3n) is 4.79. The first-order chi connectivity index (χ1) is 13.9. The number of amides is 4. The maximum atomic E-state index is 12.9. The van der Waals surface area contributed by atoms with Crippen LogP contribution in [0.1, 0.15) is 23.6 Å². The van der Waals surface area contributed by atoms with Gasteiger partial charge in [-0.25, -0.2) is 4.79 Å². The van der Waals surface area contributed by atoms with Gasteiger partial charge in [-0.2, -0.15) is 5.26 Å². The molecule has 0 spiro atoms. The molecule has 8 heteroatoms. The van der Waals surface area contributed by atoms with Gasteiger partial charge in [-0.3, -0.25) is 14.5 Å². The van der Waals surface area contributed by atoms with E-state index in [9.17, 15) is 14.4 Å². The molecule has 148 valence electrons. The number of ether oxygens (including phenoxy) is 1. The number of nitriles is 1. The van der Waals surface area contributed by atoms with E-state index in [1.54, 1.807) is 56.5 Å². The summed E-state index contributed by atoms with van der Waals surface area (Å²) in [6.07, 6.45) is 0. The Balaban J connectivity index is 1.66. The minimum atomic E-state index is -1.29. The predicted molar refractivity (Wildman–Crippen MR) is 104 cm³/mol. The van der Waals surface area contributed by atoms with E-state index in [0.717, 1.165) is 10.5 Å². The maximum Gasteiger partial charge on any atom is 0.325 e. The number of rotatable bonds is 6. The minimum Gasteiger partial charge on any atom is -0.497 e. The number of carbonyl (C=O) groups excluding carboxylic acids is 3. The summed E-state index contributed by atoms with van der Waals surface area (Å²) in [4.78, 5) is 38.4. The van der Waals surface area contributed by atoms with Crippen molar-refractivity contribution in [1.29, 1.82) is 5.26 Å². The molecule has 1 aliphatic rings. The first-order valence-corrected chi connectivity index (χ1v) is 8.92. The Morgan fingerprint density at radius 2 is 1.97 bits per heavy atom. The van der Waals surface area contributed by atoms with Gasteiger partial charge in [-0.15, -0.1) is 0 Å². The summed E-state index contributed by atoms with van der Waals surface area (Å²) in [5, 5.41) is 14.2. The molecule has 2 aromatic rings. The van der Waals surface area contributed by atoms with Crippen molar-refractivity contribution in [3.63, 3.8) is 0 Å². The van der Waals surface area contributed by atoms with Crippen molar-refractivity contribution in [1.82, 2.24) is 15.5 Å². The zero-order valence-corrected chi connectivity index (χ0v) is 16.1. The Kier molecular flexibility index (Phi) is 5.50. The Hall–Kier alpha value is -3.86. The molecule has 2 aromatic carbocycles. The van der Waals surface area contributed by atoms with E-state index in [-0.39, 0.29) is 13.1 Å². The molecular weight excluding hydrogens is 372 g/mol. The second-order valence-corrected chi connectivity index (χ2v) is 6.76. The fourth-order valence-corrected chi connectivity index (χ4v) is 3.10. The predicted octanol–water partition coefficient (Wildman–Crippen LogP) is 1.65. The van der Waals surface area contributed by atoms with Crippen LogP contribution in [0.25, 0.3) is 0 Å². The summed E-state index contributed by atoms with van der Waals surface area (Å²) in [7, 11) is 1.56. The van der Waals surface area contributed by atoms with E-state index in [1.807, 2.05) is 12.1 Å². The molecule has 0 aromatic heterocycles. The van der Waals surface area contributed by atoms with Gasteiger partial charge in [0, 0.05) is 6.54 Å². The second kappa shape index (κ2) is 8.02. The smallest absolute Gasteiger partial charge is 0.325 e. The van der Waals surface area contributed by atoms with Crippen LogP contribution in [-0.4, -0.2) is 36.4 Å². The van der Waals surface area contributed by atoms with Crippen LogP contribution in [0.15, 0.2) is 48.5 Å². The highest BCUT2D eigenvalue weighted by Crippen LogP contribution is 2.28. The molecule has 0 saturated carbocycles. The number of nitrogens with one attached hydrogen (secondary N) is 2. The van der Waals surface area contributed by atoms with E-state index >= 15 is 0 Å². The Morgan fingerprint density at radius 3 is 2.62 bits per heavy atom. The third-order valence-corrected chi connectivity index (χ3v) is 4.79. The highest BCUT2D eigenvalue weighted by Gasteiger charge is 2.49. The van der Waals surface area contributed by atoms with Crippen LogP contribution in [0, 0.1) is 11.3 Å². The van der Waals surface area contributed by atoms with Gasteiger partial charge in [0.15, 0.2) is 0 Å². The van der Waals surface area contributed by atoms with E-state index in [0.29, 0.717) is 16.9 Å².